The van der Waals surface area contributed by atoms with Crippen molar-refractivity contribution in [2.75, 3.05) is 20.1 Å². The van der Waals surface area contributed by atoms with Crippen LogP contribution >= 0.6 is 0 Å². The van der Waals surface area contributed by atoms with Gasteiger partial charge in [0, 0.05) is 25.6 Å². The highest BCUT2D eigenvalue weighted by Crippen LogP contribution is 2.47. The number of hydrogen-bond donors (Lipinski definition) is 2. The summed E-state index contributed by atoms with van der Waals surface area (Å²) in [5.41, 5.74) is 1.19. The van der Waals surface area contributed by atoms with E-state index in [2.05, 4.69) is 15.6 Å². The van der Waals surface area contributed by atoms with Gasteiger partial charge in [-0.15, -0.1) is 0 Å². The first-order valence-electron chi connectivity index (χ1n) is 7.92. The van der Waals surface area contributed by atoms with E-state index in [4.69, 9.17) is 0 Å². The number of nitrogens with zero attached hydrogens (tertiary/aromatic N) is 1. The standard InChI is InChI=1S/C17H24FN3/c1-19-16(20-10-7-13-5-6-13)21-12-17(8-9-17)14-3-2-4-15(18)11-14/h2-4,11,13H,5-10,12H2,1H3,(H2,19,20,21). The first-order chi connectivity index (χ1) is 10.2. The fraction of sp³-hybridized carbons (Fsp3) is 0.588. The molecule has 0 saturated heterocycles. The normalized spacial score (nSPS) is 20.2. The summed E-state index contributed by atoms with van der Waals surface area (Å²) in [6.07, 6.45) is 6.23. The van der Waals surface area contributed by atoms with Gasteiger partial charge < -0.3 is 10.6 Å². The van der Waals surface area contributed by atoms with Crippen LogP contribution in [-0.2, 0) is 5.41 Å². The van der Waals surface area contributed by atoms with Crippen LogP contribution in [0.5, 0.6) is 0 Å². The molecule has 3 rings (SSSR count). The summed E-state index contributed by atoms with van der Waals surface area (Å²) in [6.45, 7) is 1.80. The van der Waals surface area contributed by atoms with Crippen LogP contribution in [-0.4, -0.2) is 26.1 Å². The Balaban J connectivity index is 1.50. The van der Waals surface area contributed by atoms with Crippen LogP contribution in [0.4, 0.5) is 4.39 Å². The summed E-state index contributed by atoms with van der Waals surface area (Å²) < 4.78 is 13.4. The van der Waals surface area contributed by atoms with Gasteiger partial charge >= 0.3 is 0 Å². The highest BCUT2D eigenvalue weighted by atomic mass is 19.1. The molecule has 4 heteroatoms. The highest BCUT2D eigenvalue weighted by molar-refractivity contribution is 5.79. The fourth-order valence-electron chi connectivity index (χ4n) is 2.81. The zero-order valence-electron chi connectivity index (χ0n) is 12.7. The van der Waals surface area contributed by atoms with Gasteiger partial charge in [-0.2, -0.15) is 0 Å². The van der Waals surface area contributed by atoms with Crippen molar-refractivity contribution in [3.05, 3.63) is 35.6 Å². The third-order valence-corrected chi connectivity index (χ3v) is 4.65. The smallest absolute Gasteiger partial charge is 0.191 e. The molecule has 2 saturated carbocycles. The van der Waals surface area contributed by atoms with E-state index in [1.807, 2.05) is 6.07 Å². The van der Waals surface area contributed by atoms with E-state index in [-0.39, 0.29) is 11.2 Å². The quantitative estimate of drug-likeness (QED) is 0.624. The first kappa shape index (κ1) is 14.4. The molecule has 0 bridgehead atoms. The lowest BCUT2D eigenvalue weighted by atomic mass is 9.96. The number of rotatable bonds is 6. The number of guanidine groups is 1. The highest BCUT2D eigenvalue weighted by Gasteiger charge is 2.44. The topological polar surface area (TPSA) is 36.4 Å². The molecule has 2 fully saturated rings. The Morgan fingerprint density at radius 2 is 2.14 bits per heavy atom. The third-order valence-electron chi connectivity index (χ3n) is 4.65. The van der Waals surface area contributed by atoms with Crippen LogP contribution in [0.25, 0.3) is 0 Å². The maximum absolute atomic E-state index is 13.4. The molecule has 1 aromatic carbocycles. The van der Waals surface area contributed by atoms with Gasteiger partial charge in [0.25, 0.3) is 0 Å². The lowest BCUT2D eigenvalue weighted by Gasteiger charge is -2.19. The molecule has 0 unspecified atom stereocenters. The van der Waals surface area contributed by atoms with Crippen molar-refractivity contribution in [3.8, 4) is 0 Å². The monoisotopic (exact) mass is 289 g/mol. The molecular formula is C17H24FN3. The van der Waals surface area contributed by atoms with Gasteiger partial charge in [-0.25, -0.2) is 4.39 Å². The molecule has 0 radical (unpaired) electrons. The van der Waals surface area contributed by atoms with E-state index >= 15 is 0 Å². The SMILES string of the molecule is CN=C(NCCC1CC1)NCC1(c2cccc(F)c2)CC1. The second kappa shape index (κ2) is 6.04. The minimum Gasteiger partial charge on any atom is -0.356 e. The van der Waals surface area contributed by atoms with Crippen molar-refractivity contribution >= 4 is 5.96 Å². The maximum atomic E-state index is 13.4. The Morgan fingerprint density at radius 3 is 2.76 bits per heavy atom. The van der Waals surface area contributed by atoms with Crippen LogP contribution < -0.4 is 10.6 Å². The molecule has 1 aromatic rings. The number of benzene rings is 1. The maximum Gasteiger partial charge on any atom is 0.191 e. The van der Waals surface area contributed by atoms with E-state index < -0.39 is 0 Å². The lowest BCUT2D eigenvalue weighted by molar-refractivity contribution is 0.605. The van der Waals surface area contributed by atoms with Crippen LogP contribution in [0.15, 0.2) is 29.3 Å². The summed E-state index contributed by atoms with van der Waals surface area (Å²) >= 11 is 0. The Bertz CT molecular complexity index is 519. The fourth-order valence-corrected chi connectivity index (χ4v) is 2.81. The van der Waals surface area contributed by atoms with Gasteiger partial charge in [0.1, 0.15) is 5.82 Å². The van der Waals surface area contributed by atoms with E-state index in [1.54, 1.807) is 19.2 Å². The van der Waals surface area contributed by atoms with E-state index in [1.165, 1.54) is 25.3 Å². The average molecular weight is 289 g/mol. The van der Waals surface area contributed by atoms with Crippen LogP contribution in [0.2, 0.25) is 0 Å². The first-order valence-corrected chi connectivity index (χ1v) is 7.92. The zero-order valence-corrected chi connectivity index (χ0v) is 12.7. The Kier molecular flexibility index (Phi) is 4.13. The predicted molar refractivity (Wildman–Crippen MR) is 84.0 cm³/mol. The molecule has 0 aliphatic heterocycles. The van der Waals surface area contributed by atoms with Crippen molar-refractivity contribution in [2.24, 2.45) is 10.9 Å². The summed E-state index contributed by atoms with van der Waals surface area (Å²) in [4.78, 5) is 4.27. The molecule has 2 aliphatic rings. The molecule has 0 spiro atoms. The van der Waals surface area contributed by atoms with Crippen molar-refractivity contribution in [2.45, 2.75) is 37.5 Å². The molecule has 114 valence electrons. The minimum absolute atomic E-state index is 0.0935. The van der Waals surface area contributed by atoms with Crippen LogP contribution in [0.1, 0.15) is 37.7 Å². The third kappa shape index (κ3) is 3.74. The summed E-state index contributed by atoms with van der Waals surface area (Å²) in [7, 11) is 1.80. The molecule has 21 heavy (non-hydrogen) atoms. The van der Waals surface area contributed by atoms with Gasteiger partial charge in [0.05, 0.1) is 0 Å². The molecule has 0 atom stereocenters. The second-order valence-electron chi connectivity index (χ2n) is 6.38. The van der Waals surface area contributed by atoms with Crippen LogP contribution in [0.3, 0.4) is 0 Å². The average Bonchev–Trinajstić information content (AvgIpc) is 3.37. The summed E-state index contributed by atoms with van der Waals surface area (Å²) in [5.74, 6) is 1.64. The van der Waals surface area contributed by atoms with Crippen LogP contribution in [0, 0.1) is 11.7 Å². The van der Waals surface area contributed by atoms with Gasteiger partial charge in [0.15, 0.2) is 5.96 Å². The second-order valence-corrected chi connectivity index (χ2v) is 6.38. The van der Waals surface area contributed by atoms with Gasteiger partial charge in [-0.05, 0) is 42.9 Å². The van der Waals surface area contributed by atoms with Crippen molar-refractivity contribution in [1.82, 2.24) is 10.6 Å². The summed E-state index contributed by atoms with van der Waals surface area (Å²) in [5, 5.41) is 6.77. The minimum atomic E-state index is -0.147. The number of hydrogen-bond acceptors (Lipinski definition) is 1. The Morgan fingerprint density at radius 1 is 1.33 bits per heavy atom. The molecule has 2 N–H and O–H groups in total. The molecule has 3 nitrogen and oxygen atoms in total. The molecule has 0 heterocycles. The largest absolute Gasteiger partial charge is 0.356 e. The molecule has 0 aromatic heterocycles. The number of aliphatic imine (C=N–C) groups is 1. The predicted octanol–water partition coefficient (Wildman–Crippen LogP) is 2.82. The van der Waals surface area contributed by atoms with E-state index in [0.29, 0.717) is 0 Å². The zero-order chi connectivity index (χ0) is 14.7. The lowest BCUT2D eigenvalue weighted by Crippen LogP contribution is -2.41. The van der Waals surface area contributed by atoms with Gasteiger partial charge in [-0.1, -0.05) is 25.0 Å². The van der Waals surface area contributed by atoms with Crippen molar-refractivity contribution in [3.63, 3.8) is 0 Å². The van der Waals surface area contributed by atoms with Crippen molar-refractivity contribution in [1.29, 1.82) is 0 Å². The number of nitrogens with one attached hydrogen (secondary N) is 2. The van der Waals surface area contributed by atoms with E-state index in [9.17, 15) is 4.39 Å². The number of halogens is 1. The molecule has 2 aliphatic carbocycles. The van der Waals surface area contributed by atoms with Gasteiger partial charge in [-0.3, -0.25) is 4.99 Å². The van der Waals surface area contributed by atoms with Gasteiger partial charge in [0.2, 0.25) is 0 Å². The Labute approximate surface area is 126 Å². The van der Waals surface area contributed by atoms with E-state index in [0.717, 1.165) is 43.4 Å². The van der Waals surface area contributed by atoms with Crippen molar-refractivity contribution < 1.29 is 4.39 Å². The summed E-state index contributed by atoms with van der Waals surface area (Å²) in [6, 6.07) is 7.00. The molecule has 0 amide bonds. The molecular weight excluding hydrogens is 265 g/mol. The Hall–Kier alpha value is -1.58.